The second kappa shape index (κ2) is 7.02. The summed E-state index contributed by atoms with van der Waals surface area (Å²) < 4.78 is 15.2. The van der Waals surface area contributed by atoms with Gasteiger partial charge in [0.05, 0.1) is 23.1 Å². The fourth-order valence-electron chi connectivity index (χ4n) is 3.94. The van der Waals surface area contributed by atoms with E-state index in [1.807, 2.05) is 68.1 Å². The largest absolute Gasteiger partial charge is 0.488 e. The molecule has 0 fully saturated rings. The number of hydrogen-bond donors (Lipinski definition) is 0. The summed E-state index contributed by atoms with van der Waals surface area (Å²) >= 11 is 0. The molecule has 0 aliphatic carbocycles. The van der Waals surface area contributed by atoms with Gasteiger partial charge in [-0.3, -0.25) is 9.48 Å². The third-order valence-electron chi connectivity index (χ3n) is 5.67. The highest BCUT2D eigenvalue weighted by Gasteiger charge is 2.26. The van der Waals surface area contributed by atoms with Crippen LogP contribution in [0, 0.1) is 6.92 Å². The maximum atomic E-state index is 12.6. The van der Waals surface area contributed by atoms with E-state index in [0.717, 1.165) is 50.7 Å². The molecule has 4 aromatic rings. The Hall–Kier alpha value is -3.61. The van der Waals surface area contributed by atoms with Crippen molar-refractivity contribution in [2.75, 3.05) is 0 Å². The predicted octanol–water partition coefficient (Wildman–Crippen LogP) is 3.46. The molecule has 0 unspecified atom stereocenters. The summed E-state index contributed by atoms with van der Waals surface area (Å²) in [5.74, 6) is 1.47. The van der Waals surface area contributed by atoms with Crippen LogP contribution in [0.2, 0.25) is 0 Å². The molecule has 2 aromatic carbocycles. The van der Waals surface area contributed by atoms with E-state index in [-0.39, 0.29) is 19.0 Å². The second-order valence-corrected chi connectivity index (χ2v) is 7.56. The van der Waals surface area contributed by atoms with Crippen LogP contribution in [0.25, 0.3) is 22.3 Å². The standard InChI is InChI=1S/C23H22N4O3/c1-14-24-18-10-15(8-9-19(18)26(14)2)12-30-22(28)11-20-17-13-29-21-7-5-4-6-16(21)23(17)25-27(20)3/h4-10H,11-13H2,1-3H3. The molecule has 0 bridgehead atoms. The van der Waals surface area contributed by atoms with Crippen LogP contribution in [0.4, 0.5) is 0 Å². The van der Waals surface area contributed by atoms with Gasteiger partial charge in [-0.25, -0.2) is 4.98 Å². The molecule has 3 heterocycles. The lowest BCUT2D eigenvalue weighted by Gasteiger charge is -2.17. The number of nitrogens with zero attached hydrogens (tertiary/aromatic N) is 4. The highest BCUT2D eigenvalue weighted by atomic mass is 16.5. The minimum absolute atomic E-state index is 0.148. The monoisotopic (exact) mass is 402 g/mol. The molecular formula is C23H22N4O3. The number of ether oxygens (including phenoxy) is 2. The Labute approximate surface area is 173 Å². The molecule has 0 atom stereocenters. The van der Waals surface area contributed by atoms with E-state index in [4.69, 9.17) is 9.47 Å². The summed E-state index contributed by atoms with van der Waals surface area (Å²) in [6, 6.07) is 13.7. The maximum Gasteiger partial charge on any atom is 0.312 e. The zero-order valence-electron chi connectivity index (χ0n) is 17.2. The van der Waals surface area contributed by atoms with Crippen LogP contribution in [0.15, 0.2) is 42.5 Å². The molecule has 1 aliphatic rings. The van der Waals surface area contributed by atoms with Gasteiger partial charge in [0, 0.05) is 25.2 Å². The van der Waals surface area contributed by atoms with Gasteiger partial charge in [0.25, 0.3) is 0 Å². The first-order valence-electron chi connectivity index (χ1n) is 9.86. The van der Waals surface area contributed by atoms with Crippen molar-refractivity contribution >= 4 is 17.0 Å². The van der Waals surface area contributed by atoms with Crippen LogP contribution in [-0.2, 0) is 43.3 Å². The molecule has 2 aromatic heterocycles. The highest BCUT2D eigenvalue weighted by Crippen LogP contribution is 2.37. The van der Waals surface area contributed by atoms with Crippen molar-refractivity contribution in [1.29, 1.82) is 0 Å². The van der Waals surface area contributed by atoms with Crippen LogP contribution in [0.1, 0.15) is 22.6 Å². The smallest absolute Gasteiger partial charge is 0.312 e. The van der Waals surface area contributed by atoms with E-state index >= 15 is 0 Å². The Morgan fingerprint density at radius 2 is 2.03 bits per heavy atom. The molecule has 0 spiro atoms. The van der Waals surface area contributed by atoms with Crippen molar-refractivity contribution in [3.05, 3.63) is 65.1 Å². The third kappa shape index (κ3) is 3.03. The first-order valence-corrected chi connectivity index (χ1v) is 9.86. The maximum absolute atomic E-state index is 12.6. The number of carbonyl (C=O) groups is 1. The lowest BCUT2D eigenvalue weighted by molar-refractivity contribution is -0.144. The Morgan fingerprint density at radius 1 is 1.20 bits per heavy atom. The van der Waals surface area contributed by atoms with E-state index < -0.39 is 0 Å². The van der Waals surface area contributed by atoms with E-state index in [9.17, 15) is 4.79 Å². The Morgan fingerprint density at radius 3 is 2.90 bits per heavy atom. The molecule has 0 saturated heterocycles. The zero-order chi connectivity index (χ0) is 20.8. The zero-order valence-corrected chi connectivity index (χ0v) is 17.2. The van der Waals surface area contributed by atoms with Gasteiger partial charge in [0.15, 0.2) is 0 Å². The number of aryl methyl sites for hydroxylation is 3. The number of esters is 1. The molecule has 7 nitrogen and oxygen atoms in total. The molecule has 1 aliphatic heterocycles. The van der Waals surface area contributed by atoms with E-state index in [0.29, 0.717) is 6.61 Å². The number of hydrogen-bond acceptors (Lipinski definition) is 5. The van der Waals surface area contributed by atoms with Crippen LogP contribution < -0.4 is 4.74 Å². The average molecular weight is 402 g/mol. The lowest BCUT2D eigenvalue weighted by Crippen LogP contribution is -2.14. The quantitative estimate of drug-likeness (QED) is 0.489. The van der Waals surface area contributed by atoms with Gasteiger partial charge in [0.1, 0.15) is 30.5 Å². The third-order valence-corrected chi connectivity index (χ3v) is 5.67. The van der Waals surface area contributed by atoms with Crippen molar-refractivity contribution in [3.8, 4) is 17.0 Å². The van der Waals surface area contributed by atoms with Gasteiger partial charge in [-0.05, 0) is 36.8 Å². The molecule has 0 N–H and O–H groups in total. The number of fused-ring (bicyclic) bond motifs is 4. The molecular weight excluding hydrogens is 380 g/mol. The van der Waals surface area contributed by atoms with Crippen molar-refractivity contribution in [2.24, 2.45) is 14.1 Å². The summed E-state index contributed by atoms with van der Waals surface area (Å²) in [6.07, 6.45) is 0.148. The van der Waals surface area contributed by atoms with Gasteiger partial charge in [-0.15, -0.1) is 0 Å². The SMILES string of the molecule is Cc1nc2cc(COC(=O)Cc3c4c(nn3C)-c3ccccc3OC4)ccc2n1C. The van der Waals surface area contributed by atoms with Crippen LogP contribution in [0.5, 0.6) is 5.75 Å². The molecule has 5 rings (SSSR count). The van der Waals surface area contributed by atoms with Crippen molar-refractivity contribution in [2.45, 2.75) is 26.6 Å². The Kier molecular flexibility index (Phi) is 4.31. The lowest BCUT2D eigenvalue weighted by atomic mass is 10.0. The fraction of sp³-hybridized carbons (Fsp3) is 0.261. The molecule has 0 saturated carbocycles. The predicted molar refractivity (Wildman–Crippen MR) is 112 cm³/mol. The summed E-state index contributed by atoms with van der Waals surface area (Å²) in [6.45, 7) is 2.58. The summed E-state index contributed by atoms with van der Waals surface area (Å²) in [5, 5.41) is 4.63. The van der Waals surface area contributed by atoms with Gasteiger partial charge in [-0.1, -0.05) is 18.2 Å². The summed E-state index contributed by atoms with van der Waals surface area (Å²) in [7, 11) is 3.84. The number of carbonyl (C=O) groups excluding carboxylic acids is 1. The minimum Gasteiger partial charge on any atom is -0.488 e. The van der Waals surface area contributed by atoms with Crippen LogP contribution >= 0.6 is 0 Å². The van der Waals surface area contributed by atoms with E-state index in [1.165, 1.54) is 0 Å². The van der Waals surface area contributed by atoms with Gasteiger partial charge in [-0.2, -0.15) is 5.10 Å². The molecule has 7 heteroatoms. The second-order valence-electron chi connectivity index (χ2n) is 7.56. The number of aromatic nitrogens is 4. The molecule has 152 valence electrons. The number of rotatable bonds is 4. The molecule has 30 heavy (non-hydrogen) atoms. The Balaban J connectivity index is 1.32. The van der Waals surface area contributed by atoms with Crippen molar-refractivity contribution in [1.82, 2.24) is 19.3 Å². The first-order chi connectivity index (χ1) is 14.5. The van der Waals surface area contributed by atoms with Crippen LogP contribution in [-0.4, -0.2) is 25.3 Å². The Bertz CT molecular complexity index is 1290. The molecule has 0 radical (unpaired) electrons. The number of benzene rings is 2. The van der Waals surface area contributed by atoms with Crippen molar-refractivity contribution < 1.29 is 14.3 Å². The van der Waals surface area contributed by atoms with E-state index in [2.05, 4.69) is 10.1 Å². The van der Waals surface area contributed by atoms with Gasteiger partial charge in [0.2, 0.25) is 0 Å². The highest BCUT2D eigenvalue weighted by molar-refractivity contribution is 5.78. The first kappa shape index (κ1) is 18.4. The van der Waals surface area contributed by atoms with E-state index in [1.54, 1.807) is 4.68 Å². The summed E-state index contributed by atoms with van der Waals surface area (Å²) in [5.41, 5.74) is 6.47. The fourth-order valence-corrected chi connectivity index (χ4v) is 3.94. The normalized spacial score (nSPS) is 12.4. The minimum atomic E-state index is -0.294. The average Bonchev–Trinajstić information content (AvgIpc) is 3.22. The van der Waals surface area contributed by atoms with Gasteiger partial charge < -0.3 is 14.0 Å². The summed E-state index contributed by atoms with van der Waals surface area (Å²) in [4.78, 5) is 17.1. The number of imidazole rings is 1. The van der Waals surface area contributed by atoms with Gasteiger partial charge >= 0.3 is 5.97 Å². The van der Waals surface area contributed by atoms with Crippen LogP contribution in [0.3, 0.4) is 0 Å². The number of para-hydroxylation sites is 1. The topological polar surface area (TPSA) is 71.2 Å². The van der Waals surface area contributed by atoms with Crippen molar-refractivity contribution in [3.63, 3.8) is 0 Å². The molecule has 0 amide bonds.